The van der Waals surface area contributed by atoms with Crippen LogP contribution >= 0.6 is 0 Å². The van der Waals surface area contributed by atoms with Crippen molar-refractivity contribution in [3.63, 3.8) is 0 Å². The molecule has 0 bridgehead atoms. The van der Waals surface area contributed by atoms with Crippen molar-refractivity contribution in [1.29, 1.82) is 0 Å². The maximum absolute atomic E-state index is 5.87. The van der Waals surface area contributed by atoms with Crippen LogP contribution in [0.4, 0.5) is 0 Å². The standard InChI is InChI=1S/C22H32N6O2/c1-13(2)22-26-25-19-8-7-18(10-28(19)22)9-27(11-20-23-14(3)16(5)29-20)12-21-24-15(4)17(6)30-21/h13,18H,7-12H2,1-6H3. The maximum Gasteiger partial charge on any atom is 0.208 e. The molecule has 0 saturated carbocycles. The Kier molecular flexibility index (Phi) is 5.77. The van der Waals surface area contributed by atoms with E-state index in [0.717, 1.165) is 72.3 Å². The molecule has 0 aromatic carbocycles. The summed E-state index contributed by atoms with van der Waals surface area (Å²) in [4.78, 5) is 11.5. The Hall–Kier alpha value is -2.48. The van der Waals surface area contributed by atoms with Gasteiger partial charge in [-0.1, -0.05) is 13.8 Å². The number of aryl methyl sites for hydroxylation is 5. The molecule has 8 heteroatoms. The predicted molar refractivity (Wildman–Crippen MR) is 112 cm³/mol. The second kappa shape index (κ2) is 8.34. The molecule has 0 saturated heterocycles. The van der Waals surface area contributed by atoms with Crippen LogP contribution in [-0.4, -0.2) is 36.2 Å². The third-order valence-corrected chi connectivity index (χ3v) is 5.97. The van der Waals surface area contributed by atoms with Gasteiger partial charge in [0.05, 0.1) is 24.5 Å². The van der Waals surface area contributed by atoms with Gasteiger partial charge in [0.25, 0.3) is 0 Å². The molecule has 162 valence electrons. The van der Waals surface area contributed by atoms with Crippen molar-refractivity contribution in [2.24, 2.45) is 5.92 Å². The van der Waals surface area contributed by atoms with Gasteiger partial charge in [-0.3, -0.25) is 4.90 Å². The average Bonchev–Trinajstić information content (AvgIpc) is 3.33. The summed E-state index contributed by atoms with van der Waals surface area (Å²) >= 11 is 0. The van der Waals surface area contributed by atoms with E-state index in [4.69, 9.17) is 8.83 Å². The third kappa shape index (κ3) is 4.33. The highest BCUT2D eigenvalue weighted by atomic mass is 16.4. The zero-order valence-corrected chi connectivity index (χ0v) is 18.9. The predicted octanol–water partition coefficient (Wildman–Crippen LogP) is 3.88. The van der Waals surface area contributed by atoms with Crippen LogP contribution in [0.25, 0.3) is 0 Å². The summed E-state index contributed by atoms with van der Waals surface area (Å²) in [7, 11) is 0. The molecule has 8 nitrogen and oxygen atoms in total. The van der Waals surface area contributed by atoms with Gasteiger partial charge in [-0.05, 0) is 40.0 Å². The molecule has 1 atom stereocenters. The number of fused-ring (bicyclic) bond motifs is 1. The monoisotopic (exact) mass is 412 g/mol. The fourth-order valence-corrected chi connectivity index (χ4v) is 4.14. The van der Waals surface area contributed by atoms with Crippen molar-refractivity contribution in [2.45, 2.75) is 79.9 Å². The average molecular weight is 413 g/mol. The lowest BCUT2D eigenvalue weighted by Gasteiger charge is -2.29. The van der Waals surface area contributed by atoms with Crippen molar-refractivity contribution in [3.05, 3.63) is 46.3 Å². The van der Waals surface area contributed by atoms with Gasteiger partial charge in [0, 0.05) is 25.4 Å². The fraction of sp³-hybridized carbons (Fsp3) is 0.636. The molecule has 1 aliphatic heterocycles. The van der Waals surface area contributed by atoms with Crippen LogP contribution in [0.1, 0.15) is 72.5 Å². The van der Waals surface area contributed by atoms with Crippen molar-refractivity contribution in [2.75, 3.05) is 6.54 Å². The Morgan fingerprint density at radius 2 is 1.57 bits per heavy atom. The van der Waals surface area contributed by atoms with Crippen LogP contribution in [-0.2, 0) is 26.1 Å². The highest BCUT2D eigenvalue weighted by molar-refractivity contribution is 5.07. The minimum atomic E-state index is 0.373. The van der Waals surface area contributed by atoms with E-state index in [1.54, 1.807) is 0 Å². The molecule has 3 aromatic heterocycles. The van der Waals surface area contributed by atoms with E-state index in [-0.39, 0.29) is 0 Å². The number of aromatic nitrogens is 5. The molecule has 1 aliphatic rings. The Labute approximate surface area is 177 Å². The van der Waals surface area contributed by atoms with E-state index in [1.165, 1.54) is 0 Å². The topological polar surface area (TPSA) is 86.0 Å². The first-order valence-corrected chi connectivity index (χ1v) is 10.8. The second-order valence-electron chi connectivity index (χ2n) is 8.81. The Morgan fingerprint density at radius 1 is 0.967 bits per heavy atom. The smallest absolute Gasteiger partial charge is 0.208 e. The van der Waals surface area contributed by atoms with Gasteiger partial charge in [0.15, 0.2) is 0 Å². The van der Waals surface area contributed by atoms with Crippen LogP contribution in [0, 0.1) is 33.6 Å². The van der Waals surface area contributed by atoms with Crippen molar-refractivity contribution in [1.82, 2.24) is 29.6 Å². The first-order chi connectivity index (χ1) is 14.3. The third-order valence-electron chi connectivity index (χ3n) is 5.97. The van der Waals surface area contributed by atoms with E-state index in [0.29, 0.717) is 24.9 Å². The largest absolute Gasteiger partial charge is 0.444 e. The summed E-state index contributed by atoms with van der Waals surface area (Å²) in [5.74, 6) is 6.31. The molecule has 0 spiro atoms. The maximum atomic E-state index is 5.87. The molecule has 1 unspecified atom stereocenters. The number of hydrogen-bond acceptors (Lipinski definition) is 7. The van der Waals surface area contributed by atoms with E-state index in [2.05, 4.69) is 43.5 Å². The molecular formula is C22H32N6O2. The molecule has 3 aromatic rings. The Morgan fingerprint density at radius 3 is 2.07 bits per heavy atom. The Balaban J connectivity index is 1.52. The first kappa shape index (κ1) is 20.8. The normalized spacial score (nSPS) is 16.6. The minimum absolute atomic E-state index is 0.373. The number of hydrogen-bond donors (Lipinski definition) is 0. The van der Waals surface area contributed by atoms with Crippen LogP contribution in [0.2, 0.25) is 0 Å². The molecule has 4 rings (SSSR count). The number of rotatable bonds is 7. The molecule has 0 aliphatic carbocycles. The second-order valence-corrected chi connectivity index (χ2v) is 8.81. The van der Waals surface area contributed by atoms with Crippen molar-refractivity contribution < 1.29 is 8.83 Å². The van der Waals surface area contributed by atoms with Gasteiger partial charge in [-0.15, -0.1) is 10.2 Å². The van der Waals surface area contributed by atoms with E-state index in [9.17, 15) is 0 Å². The summed E-state index contributed by atoms with van der Waals surface area (Å²) in [6.45, 7) is 15.4. The van der Waals surface area contributed by atoms with Gasteiger partial charge in [0.1, 0.15) is 23.2 Å². The molecule has 30 heavy (non-hydrogen) atoms. The summed E-state index contributed by atoms with van der Waals surface area (Å²) in [5, 5.41) is 8.82. The van der Waals surface area contributed by atoms with Crippen LogP contribution < -0.4 is 0 Å². The lowest BCUT2D eigenvalue weighted by atomic mass is 9.98. The van der Waals surface area contributed by atoms with Gasteiger partial charge in [-0.2, -0.15) is 0 Å². The van der Waals surface area contributed by atoms with E-state index in [1.807, 2.05) is 27.7 Å². The summed E-state index contributed by atoms with van der Waals surface area (Å²) < 4.78 is 14.0. The minimum Gasteiger partial charge on any atom is -0.444 e. The molecule has 0 radical (unpaired) electrons. The molecule has 0 amide bonds. The van der Waals surface area contributed by atoms with Gasteiger partial charge in [0.2, 0.25) is 11.8 Å². The lowest BCUT2D eigenvalue weighted by molar-refractivity contribution is 0.158. The van der Waals surface area contributed by atoms with Crippen molar-refractivity contribution in [3.8, 4) is 0 Å². The molecule has 4 heterocycles. The molecular weight excluding hydrogens is 380 g/mol. The van der Waals surface area contributed by atoms with Gasteiger partial charge < -0.3 is 13.4 Å². The van der Waals surface area contributed by atoms with Crippen molar-refractivity contribution >= 4 is 0 Å². The number of nitrogens with zero attached hydrogens (tertiary/aromatic N) is 6. The van der Waals surface area contributed by atoms with Gasteiger partial charge >= 0.3 is 0 Å². The summed E-state index contributed by atoms with van der Waals surface area (Å²) in [6, 6.07) is 0. The first-order valence-electron chi connectivity index (χ1n) is 10.8. The summed E-state index contributed by atoms with van der Waals surface area (Å²) in [5.41, 5.74) is 1.89. The lowest BCUT2D eigenvalue weighted by Crippen LogP contribution is -2.34. The SMILES string of the molecule is Cc1nc(CN(Cc2nc(C)c(C)o2)CC2CCc3nnc(C(C)C)n3C2)oc1C. The highest BCUT2D eigenvalue weighted by Gasteiger charge is 2.27. The van der Waals surface area contributed by atoms with Crippen LogP contribution in [0.5, 0.6) is 0 Å². The van der Waals surface area contributed by atoms with E-state index >= 15 is 0 Å². The zero-order valence-electron chi connectivity index (χ0n) is 18.9. The molecule has 0 N–H and O–H groups in total. The van der Waals surface area contributed by atoms with Crippen LogP contribution in [0.3, 0.4) is 0 Å². The Bertz CT molecular complexity index is 928. The zero-order chi connectivity index (χ0) is 21.4. The quantitative estimate of drug-likeness (QED) is 0.582. The van der Waals surface area contributed by atoms with Gasteiger partial charge in [-0.25, -0.2) is 9.97 Å². The van der Waals surface area contributed by atoms with Crippen LogP contribution in [0.15, 0.2) is 8.83 Å². The van der Waals surface area contributed by atoms with E-state index < -0.39 is 0 Å². The summed E-state index contributed by atoms with van der Waals surface area (Å²) in [6.07, 6.45) is 2.06. The highest BCUT2D eigenvalue weighted by Crippen LogP contribution is 2.25. The molecule has 0 fully saturated rings. The fourth-order valence-electron chi connectivity index (χ4n) is 4.14. The number of oxazole rings is 2.